The molecule has 1 aliphatic heterocycles. The van der Waals surface area contributed by atoms with E-state index in [1.165, 1.54) is 10.8 Å². The molecule has 8 heteroatoms. The third-order valence-electron chi connectivity index (χ3n) is 8.32. The van der Waals surface area contributed by atoms with Gasteiger partial charge >= 0.3 is 0 Å². The van der Waals surface area contributed by atoms with E-state index in [1.54, 1.807) is 23.5 Å². The van der Waals surface area contributed by atoms with Crippen molar-refractivity contribution in [1.82, 2.24) is 35.0 Å². The standard InChI is InChI=1S/C12H13NO.2C9H7N.2C8H6N2.4C4H10.5C2H6/c1-8(2)13-9(3)10-6-4-5-7-11(10)12(13)14;2*1-2-6-9-8(4-1)5-3-7-10-9;1-2-4-8-7(3-1)9-5-6-10-8;1-2-4-8-7(3-1)5-6-9-10-8;4*1-4(2)3;5*1-2/h4-8H,3H2,1-2H3;2*1-7H;2*1-6H;4*4H,1-3H3;5*1-2H3. The average Bonchev–Trinajstić information content (AvgIpc) is 3.74. The Morgan fingerprint density at radius 2 is 0.600 bits per heavy atom. The highest BCUT2D eigenvalue weighted by molar-refractivity contribution is 6.09. The van der Waals surface area contributed by atoms with Crippen molar-refractivity contribution in [3.63, 3.8) is 0 Å². The highest BCUT2D eigenvalue weighted by Gasteiger charge is 2.31. The van der Waals surface area contributed by atoms with E-state index in [2.05, 4.69) is 144 Å². The number of nitrogens with zero attached hydrogens (tertiary/aromatic N) is 7. The van der Waals surface area contributed by atoms with E-state index in [0.717, 1.165) is 73.5 Å². The van der Waals surface area contributed by atoms with E-state index in [-0.39, 0.29) is 11.9 Å². The lowest BCUT2D eigenvalue weighted by Gasteiger charge is -2.21. The van der Waals surface area contributed by atoms with E-state index in [4.69, 9.17) is 0 Å². The molecular formula is C72H109N7O. The number of carbonyl (C=O) groups excluding carboxylic acids is 1. The summed E-state index contributed by atoms with van der Waals surface area (Å²) < 4.78 is 0. The molecule has 1 amide bonds. The molecule has 0 atom stereocenters. The predicted octanol–water partition coefficient (Wildman–Crippen LogP) is 22.0. The number of aromatic nitrogens is 6. The number of para-hydroxylation sites is 4. The summed E-state index contributed by atoms with van der Waals surface area (Å²) in [7, 11) is 0. The first-order valence-corrected chi connectivity index (χ1v) is 29.5. The zero-order valence-corrected chi connectivity index (χ0v) is 54.5. The summed E-state index contributed by atoms with van der Waals surface area (Å²) in [5.74, 6) is 3.40. The smallest absolute Gasteiger partial charge is 0.259 e. The van der Waals surface area contributed by atoms with E-state index in [9.17, 15) is 4.79 Å². The molecule has 0 bridgehead atoms. The van der Waals surface area contributed by atoms with Gasteiger partial charge in [-0.05, 0) is 92.1 Å². The normalized spacial score (nSPS) is 9.84. The maximum atomic E-state index is 11.9. The van der Waals surface area contributed by atoms with Gasteiger partial charge in [-0.3, -0.25) is 24.7 Å². The molecule has 0 unspecified atom stereocenters. The molecule has 0 spiro atoms. The van der Waals surface area contributed by atoms with Gasteiger partial charge in [0.2, 0.25) is 0 Å². The molecule has 0 radical (unpaired) electrons. The van der Waals surface area contributed by atoms with E-state index >= 15 is 0 Å². The third-order valence-corrected chi connectivity index (χ3v) is 8.32. The molecule has 0 saturated heterocycles. The van der Waals surface area contributed by atoms with Gasteiger partial charge in [-0.15, -0.1) is 0 Å². The Bertz CT molecular complexity index is 2220. The summed E-state index contributed by atoms with van der Waals surface area (Å²) in [4.78, 5) is 30.3. The van der Waals surface area contributed by atoms with Crippen LogP contribution < -0.4 is 0 Å². The first-order valence-electron chi connectivity index (χ1n) is 29.5. The molecule has 0 N–H and O–H groups in total. The Morgan fingerprint density at radius 3 is 0.925 bits per heavy atom. The molecule has 4 aromatic heterocycles. The summed E-state index contributed by atoms with van der Waals surface area (Å²) in [6, 6.07) is 49.6. The van der Waals surface area contributed by atoms with E-state index in [0.29, 0.717) is 0 Å². The lowest BCUT2D eigenvalue weighted by atomic mass is 10.1. The summed E-state index contributed by atoms with van der Waals surface area (Å²) >= 11 is 0. The second-order valence-electron chi connectivity index (χ2n) is 19.2. The molecular weight excluding hydrogens is 979 g/mol. The maximum Gasteiger partial charge on any atom is 0.259 e. The molecule has 438 valence electrons. The zero-order chi connectivity index (χ0) is 61.8. The SMILES string of the molecule is C=C1c2ccccc2C(=O)N1C(C)C.CC.CC.CC.CC.CC.CC(C)C.CC(C)C.CC(C)C.CC(C)C.c1ccc2ncccc2c1.c1ccc2ncccc2c1.c1ccc2nccnc2c1.c1ccc2nnccc2c1. The van der Waals surface area contributed by atoms with Crippen molar-refractivity contribution in [3.8, 4) is 0 Å². The maximum absolute atomic E-state index is 11.9. The Balaban J connectivity index is -0.000000410. The number of benzene rings is 5. The quantitative estimate of drug-likeness (QED) is 0.161. The second kappa shape index (κ2) is 52.5. The topological polar surface area (TPSA) is 97.7 Å². The van der Waals surface area contributed by atoms with Gasteiger partial charge in [0, 0.05) is 63.8 Å². The number of rotatable bonds is 1. The van der Waals surface area contributed by atoms with Crippen LogP contribution in [0.1, 0.15) is 182 Å². The predicted molar refractivity (Wildman–Crippen MR) is 358 cm³/mol. The number of carbonyl (C=O) groups is 1. The van der Waals surface area contributed by atoms with Crippen LogP contribution in [0.3, 0.4) is 0 Å². The number of hydrogen-bond acceptors (Lipinski definition) is 7. The Kier molecular flexibility index (Phi) is 52.0. The second-order valence-corrected chi connectivity index (χ2v) is 19.2. The van der Waals surface area contributed by atoms with Crippen molar-refractivity contribution < 1.29 is 4.79 Å². The molecule has 9 aromatic rings. The van der Waals surface area contributed by atoms with Gasteiger partial charge in [-0.25, -0.2) is 0 Å². The molecule has 5 heterocycles. The number of amides is 1. The van der Waals surface area contributed by atoms with Crippen LogP contribution >= 0.6 is 0 Å². The largest absolute Gasteiger partial charge is 0.306 e. The number of hydrogen-bond donors (Lipinski definition) is 0. The number of fused-ring (bicyclic) bond motifs is 5. The van der Waals surface area contributed by atoms with Gasteiger partial charge in [0.1, 0.15) is 0 Å². The van der Waals surface area contributed by atoms with Crippen molar-refractivity contribution in [1.29, 1.82) is 0 Å². The lowest BCUT2D eigenvalue weighted by Crippen LogP contribution is -2.29. The van der Waals surface area contributed by atoms with Crippen molar-refractivity contribution in [2.75, 3.05) is 0 Å². The molecule has 10 rings (SSSR count). The summed E-state index contributed by atoms with van der Waals surface area (Å²) in [5, 5.41) is 11.2. The molecule has 5 aromatic carbocycles. The summed E-state index contributed by atoms with van der Waals surface area (Å²) in [6.07, 6.45) is 8.71. The fourth-order valence-corrected chi connectivity index (χ4v) is 5.72. The summed E-state index contributed by atoms with van der Waals surface area (Å²) in [5.41, 5.74) is 7.52. The lowest BCUT2D eigenvalue weighted by molar-refractivity contribution is 0.0821. The molecule has 8 nitrogen and oxygen atoms in total. The van der Waals surface area contributed by atoms with Crippen LogP contribution in [-0.2, 0) is 0 Å². The molecule has 0 fully saturated rings. The minimum absolute atomic E-state index is 0.0700. The highest BCUT2D eigenvalue weighted by atomic mass is 16.2. The average molecular weight is 1090 g/mol. The van der Waals surface area contributed by atoms with Crippen molar-refractivity contribution in [2.24, 2.45) is 23.7 Å². The van der Waals surface area contributed by atoms with Gasteiger partial charge in [0.05, 0.1) is 33.8 Å². The van der Waals surface area contributed by atoms with Crippen LogP contribution in [-0.4, -0.2) is 47.0 Å². The Morgan fingerprint density at radius 1 is 0.325 bits per heavy atom. The first-order chi connectivity index (χ1) is 38.4. The van der Waals surface area contributed by atoms with Gasteiger partial charge in [-0.1, -0.05) is 256 Å². The van der Waals surface area contributed by atoms with Crippen molar-refractivity contribution in [3.05, 3.63) is 200 Å². The molecule has 0 aliphatic carbocycles. The van der Waals surface area contributed by atoms with Gasteiger partial charge in [-0.2, -0.15) is 10.2 Å². The van der Waals surface area contributed by atoms with Crippen LogP contribution in [0.2, 0.25) is 0 Å². The highest BCUT2D eigenvalue weighted by Crippen LogP contribution is 2.32. The number of pyridine rings is 2. The molecule has 0 saturated carbocycles. The molecule has 1 aliphatic rings. The van der Waals surface area contributed by atoms with Crippen LogP contribution in [0.25, 0.3) is 49.4 Å². The Hall–Kier alpha value is -7.19. The fourth-order valence-electron chi connectivity index (χ4n) is 5.72. The van der Waals surface area contributed by atoms with Crippen LogP contribution in [0.5, 0.6) is 0 Å². The van der Waals surface area contributed by atoms with Gasteiger partial charge < -0.3 is 4.90 Å². The molecule has 80 heavy (non-hydrogen) atoms. The summed E-state index contributed by atoms with van der Waals surface area (Å²) in [6.45, 7) is 53.9. The van der Waals surface area contributed by atoms with Gasteiger partial charge in [0.25, 0.3) is 5.91 Å². The monoisotopic (exact) mass is 1090 g/mol. The van der Waals surface area contributed by atoms with Crippen molar-refractivity contribution in [2.45, 2.75) is 172 Å². The van der Waals surface area contributed by atoms with Crippen LogP contribution in [0, 0.1) is 23.7 Å². The van der Waals surface area contributed by atoms with Crippen molar-refractivity contribution >= 4 is 55.3 Å². The fraction of sp³-hybridized carbons (Fsp3) is 0.403. The van der Waals surface area contributed by atoms with Crippen LogP contribution in [0.4, 0.5) is 0 Å². The minimum Gasteiger partial charge on any atom is -0.306 e. The minimum atomic E-state index is 0.0700. The van der Waals surface area contributed by atoms with Gasteiger partial charge in [0.15, 0.2) is 0 Å². The Labute approximate surface area is 489 Å². The zero-order valence-electron chi connectivity index (χ0n) is 54.5. The third kappa shape index (κ3) is 37.6. The van der Waals surface area contributed by atoms with E-state index < -0.39 is 0 Å². The first kappa shape index (κ1) is 79.3. The van der Waals surface area contributed by atoms with Crippen LogP contribution in [0.15, 0.2) is 189 Å². The van der Waals surface area contributed by atoms with E-state index in [1.807, 2.05) is 223 Å².